The van der Waals surface area contributed by atoms with Gasteiger partial charge in [-0.2, -0.15) is 15.2 Å². The summed E-state index contributed by atoms with van der Waals surface area (Å²) < 4.78 is 22.4. The molecule has 0 spiro atoms. The van der Waals surface area contributed by atoms with Crippen LogP contribution >= 0.6 is 0 Å². The van der Waals surface area contributed by atoms with Gasteiger partial charge in [0.1, 0.15) is 11.6 Å². The fourth-order valence-electron chi connectivity index (χ4n) is 2.78. The maximum absolute atomic E-state index is 10.9. The van der Waals surface area contributed by atoms with Gasteiger partial charge in [-0.3, -0.25) is 4.79 Å². The van der Waals surface area contributed by atoms with Crippen LogP contribution in [0.4, 0.5) is 0 Å². The number of allylic oxidation sites excluding steroid dienone is 2. The number of hydrogen-bond donors (Lipinski definition) is 2. The zero-order valence-corrected chi connectivity index (χ0v) is 19.5. The number of carbonyl (C=O) groups is 1. The molecule has 0 saturated carbocycles. The maximum Gasteiger partial charge on any atom is 0.248 e. The van der Waals surface area contributed by atoms with Gasteiger partial charge in [0, 0.05) is 50.7 Å². The standard InChI is InChI=1S/C24H29N5O5/c1-5-6-7-8-22(33-20-11-9-18(15-25)23(28-20)31-3)34-21-12-10-19(24(29-21)32-4)16-26-13-14-27-17(2)30/h5-7,9-12,22,26H,1,8,13-14,16H2,2-4H3,(H,27,30)/b7-6-. The van der Waals surface area contributed by atoms with Gasteiger partial charge in [-0.1, -0.05) is 24.8 Å². The molecule has 1 atom stereocenters. The van der Waals surface area contributed by atoms with Crippen LogP contribution in [0.2, 0.25) is 0 Å². The lowest BCUT2D eigenvalue weighted by molar-refractivity contribution is -0.118. The highest BCUT2D eigenvalue weighted by atomic mass is 16.7. The van der Waals surface area contributed by atoms with Crippen molar-refractivity contribution < 1.29 is 23.7 Å². The Hall–Kier alpha value is -4.10. The van der Waals surface area contributed by atoms with Crippen molar-refractivity contribution in [2.45, 2.75) is 26.2 Å². The summed E-state index contributed by atoms with van der Waals surface area (Å²) in [6.45, 7) is 6.77. The first-order valence-corrected chi connectivity index (χ1v) is 10.6. The minimum absolute atomic E-state index is 0.0723. The fourth-order valence-corrected chi connectivity index (χ4v) is 2.78. The fraction of sp³-hybridized carbons (Fsp3) is 0.333. The summed E-state index contributed by atoms with van der Waals surface area (Å²) >= 11 is 0. The first kappa shape index (κ1) is 26.2. The number of aromatic nitrogens is 2. The lowest BCUT2D eigenvalue weighted by Crippen LogP contribution is -2.30. The smallest absolute Gasteiger partial charge is 0.248 e. The van der Waals surface area contributed by atoms with E-state index in [4.69, 9.17) is 24.2 Å². The van der Waals surface area contributed by atoms with Gasteiger partial charge >= 0.3 is 0 Å². The van der Waals surface area contributed by atoms with Gasteiger partial charge in [-0.15, -0.1) is 0 Å². The minimum atomic E-state index is -0.764. The summed E-state index contributed by atoms with van der Waals surface area (Å²) in [6, 6.07) is 8.69. The van der Waals surface area contributed by atoms with Crippen molar-refractivity contribution in [2.24, 2.45) is 0 Å². The van der Waals surface area contributed by atoms with Crippen LogP contribution < -0.4 is 29.6 Å². The summed E-state index contributed by atoms with van der Waals surface area (Å²) in [7, 11) is 2.96. The molecule has 0 radical (unpaired) electrons. The molecule has 1 amide bonds. The zero-order chi connectivity index (χ0) is 24.8. The Bertz CT molecular complexity index is 1030. The topological polar surface area (TPSA) is 128 Å². The van der Waals surface area contributed by atoms with Gasteiger partial charge in [0.15, 0.2) is 0 Å². The Morgan fingerprint density at radius 3 is 2.41 bits per heavy atom. The van der Waals surface area contributed by atoms with Crippen molar-refractivity contribution in [3.05, 3.63) is 60.2 Å². The van der Waals surface area contributed by atoms with E-state index >= 15 is 0 Å². The Morgan fingerprint density at radius 1 is 1.12 bits per heavy atom. The van der Waals surface area contributed by atoms with Crippen LogP contribution in [0, 0.1) is 11.3 Å². The molecule has 0 aliphatic rings. The van der Waals surface area contributed by atoms with Gasteiger partial charge in [0.05, 0.1) is 14.2 Å². The largest absolute Gasteiger partial charge is 0.481 e. The Balaban J connectivity index is 2.11. The molecule has 0 saturated heterocycles. The van der Waals surface area contributed by atoms with E-state index in [1.807, 2.05) is 18.2 Å². The number of rotatable bonds is 14. The third-order valence-electron chi connectivity index (χ3n) is 4.35. The van der Waals surface area contributed by atoms with E-state index in [0.717, 1.165) is 5.56 Å². The molecule has 2 heterocycles. The van der Waals surface area contributed by atoms with E-state index in [1.54, 1.807) is 30.4 Å². The SMILES string of the molecule is C=C/C=C\CC(Oc1ccc(C#N)c(OC)n1)Oc1ccc(CNCCNC(C)=O)c(OC)n1. The Kier molecular flexibility index (Phi) is 10.9. The molecule has 0 bridgehead atoms. The van der Waals surface area contributed by atoms with E-state index in [1.165, 1.54) is 21.1 Å². The summed E-state index contributed by atoms with van der Waals surface area (Å²) in [4.78, 5) is 19.6. The van der Waals surface area contributed by atoms with Crippen LogP contribution in [0.25, 0.3) is 0 Å². The molecular weight excluding hydrogens is 438 g/mol. The van der Waals surface area contributed by atoms with E-state index in [2.05, 4.69) is 27.2 Å². The molecule has 0 aliphatic heterocycles. The third-order valence-corrected chi connectivity index (χ3v) is 4.35. The highest BCUT2D eigenvalue weighted by Crippen LogP contribution is 2.24. The second kappa shape index (κ2) is 14.1. The van der Waals surface area contributed by atoms with Gasteiger partial charge in [-0.05, 0) is 12.1 Å². The lowest BCUT2D eigenvalue weighted by atomic mass is 10.2. The molecule has 2 rings (SSSR count). The average molecular weight is 468 g/mol. The maximum atomic E-state index is 10.9. The number of nitrogens with one attached hydrogen (secondary N) is 2. The predicted molar refractivity (Wildman–Crippen MR) is 126 cm³/mol. The van der Waals surface area contributed by atoms with E-state index in [-0.39, 0.29) is 17.7 Å². The van der Waals surface area contributed by atoms with E-state index in [9.17, 15) is 4.79 Å². The van der Waals surface area contributed by atoms with Gasteiger partial charge in [0.2, 0.25) is 35.7 Å². The normalized spacial score (nSPS) is 11.4. The van der Waals surface area contributed by atoms with Crippen LogP contribution in [0.5, 0.6) is 23.5 Å². The molecular formula is C24H29N5O5. The van der Waals surface area contributed by atoms with Crippen molar-refractivity contribution in [1.29, 1.82) is 5.26 Å². The second-order valence-corrected chi connectivity index (χ2v) is 6.86. The predicted octanol–water partition coefficient (Wildman–Crippen LogP) is 2.51. The van der Waals surface area contributed by atoms with Crippen LogP contribution in [0.15, 0.2) is 49.1 Å². The molecule has 10 nitrogen and oxygen atoms in total. The van der Waals surface area contributed by atoms with Crippen molar-refractivity contribution in [1.82, 2.24) is 20.6 Å². The van der Waals surface area contributed by atoms with Gasteiger partial charge < -0.3 is 29.6 Å². The molecule has 2 aromatic rings. The van der Waals surface area contributed by atoms with Crippen molar-refractivity contribution in [3.8, 4) is 29.6 Å². The highest BCUT2D eigenvalue weighted by Gasteiger charge is 2.16. The number of nitriles is 1. The first-order valence-electron chi connectivity index (χ1n) is 10.6. The molecule has 0 aromatic carbocycles. The molecule has 10 heteroatoms. The highest BCUT2D eigenvalue weighted by molar-refractivity contribution is 5.72. The molecule has 1 unspecified atom stereocenters. The number of carbonyl (C=O) groups excluding carboxylic acids is 1. The second-order valence-electron chi connectivity index (χ2n) is 6.86. The molecule has 34 heavy (non-hydrogen) atoms. The summed E-state index contributed by atoms with van der Waals surface area (Å²) in [5.74, 6) is 1.03. The van der Waals surface area contributed by atoms with Crippen LogP contribution in [0.1, 0.15) is 24.5 Å². The number of methoxy groups -OCH3 is 2. The van der Waals surface area contributed by atoms with Crippen LogP contribution in [-0.2, 0) is 11.3 Å². The van der Waals surface area contributed by atoms with Gasteiger partial charge in [-0.25, -0.2) is 0 Å². The molecule has 2 N–H and O–H groups in total. The molecule has 0 aliphatic carbocycles. The molecule has 0 fully saturated rings. The van der Waals surface area contributed by atoms with Crippen molar-refractivity contribution >= 4 is 5.91 Å². The van der Waals surface area contributed by atoms with Crippen LogP contribution in [0.3, 0.4) is 0 Å². The third kappa shape index (κ3) is 8.44. The lowest BCUT2D eigenvalue weighted by Gasteiger charge is -2.19. The number of hydrogen-bond acceptors (Lipinski definition) is 9. The summed E-state index contributed by atoms with van der Waals surface area (Å²) in [5, 5.41) is 15.1. The average Bonchev–Trinajstić information content (AvgIpc) is 2.84. The monoisotopic (exact) mass is 467 g/mol. The summed E-state index contributed by atoms with van der Waals surface area (Å²) in [5.41, 5.74) is 1.13. The van der Waals surface area contributed by atoms with E-state index in [0.29, 0.717) is 43.4 Å². The zero-order valence-electron chi connectivity index (χ0n) is 19.5. The van der Waals surface area contributed by atoms with E-state index < -0.39 is 6.29 Å². The summed E-state index contributed by atoms with van der Waals surface area (Å²) in [6.07, 6.45) is 4.88. The van der Waals surface area contributed by atoms with Crippen LogP contribution in [-0.4, -0.2) is 49.5 Å². The Morgan fingerprint density at radius 2 is 1.79 bits per heavy atom. The quantitative estimate of drug-likeness (QED) is 0.245. The minimum Gasteiger partial charge on any atom is -0.481 e. The number of pyridine rings is 2. The first-order chi connectivity index (χ1) is 16.5. The molecule has 2 aromatic heterocycles. The van der Waals surface area contributed by atoms with Crippen molar-refractivity contribution in [2.75, 3.05) is 27.3 Å². The Labute approximate surface area is 199 Å². The van der Waals surface area contributed by atoms with Gasteiger partial charge in [0.25, 0.3) is 0 Å². The number of nitrogens with zero attached hydrogens (tertiary/aromatic N) is 3. The molecule has 180 valence electrons. The number of ether oxygens (including phenoxy) is 4. The number of amides is 1. The van der Waals surface area contributed by atoms with Crippen molar-refractivity contribution in [3.63, 3.8) is 0 Å².